The molecule has 4 nitrogen and oxygen atoms in total. The van der Waals surface area contributed by atoms with Gasteiger partial charge >= 0.3 is 0 Å². The van der Waals surface area contributed by atoms with Crippen LogP contribution in [0.3, 0.4) is 0 Å². The lowest BCUT2D eigenvalue weighted by Crippen LogP contribution is -2.29. The van der Waals surface area contributed by atoms with Crippen molar-refractivity contribution < 1.29 is 4.79 Å². The predicted molar refractivity (Wildman–Crippen MR) is 94.7 cm³/mol. The molecule has 122 valence electrons. The molecule has 6 heteroatoms. The zero-order chi connectivity index (χ0) is 14.1. The van der Waals surface area contributed by atoms with E-state index in [2.05, 4.69) is 29.4 Å². The van der Waals surface area contributed by atoms with Gasteiger partial charge in [-0.15, -0.1) is 24.8 Å². The van der Waals surface area contributed by atoms with Gasteiger partial charge in [-0.05, 0) is 31.9 Å². The maximum atomic E-state index is 11.5. The monoisotopic (exact) mass is 335 g/mol. The smallest absolute Gasteiger partial charge is 0.220 e. The van der Waals surface area contributed by atoms with Crippen LogP contribution in [-0.4, -0.2) is 32.1 Å². The van der Waals surface area contributed by atoms with Crippen molar-refractivity contribution in [2.45, 2.75) is 32.2 Å². The molecule has 1 atom stereocenters. The first-order chi connectivity index (χ1) is 9.09. The van der Waals surface area contributed by atoms with Crippen LogP contribution in [-0.2, 0) is 4.79 Å². The van der Waals surface area contributed by atoms with Crippen LogP contribution in [0.5, 0.6) is 0 Å². The Morgan fingerprint density at radius 2 is 1.90 bits per heavy atom. The average molecular weight is 336 g/mol. The van der Waals surface area contributed by atoms with Gasteiger partial charge in [-0.2, -0.15) is 0 Å². The fourth-order valence-electron chi connectivity index (χ4n) is 1.80. The molecule has 0 heterocycles. The molecule has 0 spiro atoms. The van der Waals surface area contributed by atoms with Gasteiger partial charge in [-0.25, -0.2) is 0 Å². The molecule has 0 bridgehead atoms. The van der Waals surface area contributed by atoms with Gasteiger partial charge in [0.1, 0.15) is 0 Å². The number of carbonyl (C=O) groups is 1. The van der Waals surface area contributed by atoms with Gasteiger partial charge in [0.15, 0.2) is 0 Å². The Hall–Kier alpha value is -0.970. The van der Waals surface area contributed by atoms with Crippen molar-refractivity contribution in [2.24, 2.45) is 5.73 Å². The van der Waals surface area contributed by atoms with Crippen LogP contribution >= 0.6 is 24.8 Å². The number of nitrogens with zero attached hydrogens (tertiary/aromatic N) is 1. The van der Waals surface area contributed by atoms with E-state index in [0.29, 0.717) is 6.42 Å². The molecule has 0 radical (unpaired) electrons. The number of benzene rings is 1. The van der Waals surface area contributed by atoms with E-state index < -0.39 is 0 Å². The van der Waals surface area contributed by atoms with Gasteiger partial charge < -0.3 is 16.0 Å². The van der Waals surface area contributed by atoms with Crippen LogP contribution in [0, 0.1) is 0 Å². The summed E-state index contributed by atoms with van der Waals surface area (Å²) in [5.41, 5.74) is 6.81. The first kappa shape index (κ1) is 22.3. The molecule has 1 rings (SSSR count). The number of halogens is 2. The van der Waals surface area contributed by atoms with E-state index in [-0.39, 0.29) is 36.8 Å². The molecule has 0 aromatic heterocycles. The fraction of sp³-hybridized carbons (Fsp3) is 0.533. The van der Waals surface area contributed by atoms with Crippen LogP contribution < -0.4 is 16.0 Å². The number of hydrogen-bond donors (Lipinski definition) is 2. The molecule has 1 unspecified atom stereocenters. The second-order valence-corrected chi connectivity index (χ2v) is 4.98. The summed E-state index contributed by atoms with van der Waals surface area (Å²) in [6.45, 7) is 3.56. The van der Waals surface area contributed by atoms with E-state index in [1.54, 1.807) is 0 Å². The standard InChI is InChI=1S/C15H25N3O.2ClH/c1-13(16)9-10-15(19)17-11-6-12-18(2)14-7-4-3-5-8-14;;/h3-5,7-8,13H,6,9-12,16H2,1-2H3,(H,17,19);2*1H. The third kappa shape index (κ3) is 10.4. The van der Waals surface area contributed by atoms with E-state index in [4.69, 9.17) is 5.73 Å². The molecule has 0 fully saturated rings. The highest BCUT2D eigenvalue weighted by molar-refractivity contribution is 5.85. The molecule has 1 aromatic rings. The lowest BCUT2D eigenvalue weighted by Gasteiger charge is -2.19. The summed E-state index contributed by atoms with van der Waals surface area (Å²) in [6.07, 6.45) is 2.21. The van der Waals surface area contributed by atoms with E-state index in [9.17, 15) is 4.79 Å². The molecule has 0 aliphatic rings. The first-order valence-electron chi connectivity index (χ1n) is 6.88. The van der Waals surface area contributed by atoms with Gasteiger partial charge in [0.05, 0.1) is 0 Å². The predicted octanol–water partition coefficient (Wildman–Crippen LogP) is 2.60. The summed E-state index contributed by atoms with van der Waals surface area (Å²) < 4.78 is 0. The topological polar surface area (TPSA) is 58.4 Å². The number of nitrogens with one attached hydrogen (secondary N) is 1. The molecule has 1 amide bonds. The molecule has 0 saturated carbocycles. The number of amides is 1. The normalized spacial score (nSPS) is 10.8. The largest absolute Gasteiger partial charge is 0.375 e. The van der Waals surface area contributed by atoms with E-state index in [1.807, 2.05) is 25.1 Å². The lowest BCUT2D eigenvalue weighted by molar-refractivity contribution is -0.121. The summed E-state index contributed by atoms with van der Waals surface area (Å²) in [4.78, 5) is 13.7. The Morgan fingerprint density at radius 3 is 2.48 bits per heavy atom. The van der Waals surface area contributed by atoms with E-state index in [1.165, 1.54) is 5.69 Å². The van der Waals surface area contributed by atoms with Crippen LogP contribution in [0.15, 0.2) is 30.3 Å². The fourth-order valence-corrected chi connectivity index (χ4v) is 1.80. The summed E-state index contributed by atoms with van der Waals surface area (Å²) >= 11 is 0. The summed E-state index contributed by atoms with van der Waals surface area (Å²) in [5, 5.41) is 2.92. The van der Waals surface area contributed by atoms with Gasteiger partial charge in [0, 0.05) is 38.3 Å². The van der Waals surface area contributed by atoms with Gasteiger partial charge in [-0.3, -0.25) is 4.79 Å². The van der Waals surface area contributed by atoms with Gasteiger partial charge in [-0.1, -0.05) is 18.2 Å². The average Bonchev–Trinajstić information content (AvgIpc) is 2.42. The van der Waals surface area contributed by atoms with Gasteiger partial charge in [0.25, 0.3) is 0 Å². The molecule has 1 aromatic carbocycles. The summed E-state index contributed by atoms with van der Waals surface area (Å²) in [7, 11) is 2.06. The number of rotatable bonds is 8. The van der Waals surface area contributed by atoms with Gasteiger partial charge in [0.2, 0.25) is 5.91 Å². The third-order valence-corrected chi connectivity index (χ3v) is 3.02. The van der Waals surface area contributed by atoms with E-state index >= 15 is 0 Å². The number of para-hydroxylation sites is 1. The minimum atomic E-state index is 0. The van der Waals surface area contributed by atoms with Crippen molar-refractivity contribution >= 4 is 36.4 Å². The highest BCUT2D eigenvalue weighted by Crippen LogP contribution is 2.10. The van der Waals surface area contributed by atoms with Crippen LogP contribution in [0.4, 0.5) is 5.69 Å². The van der Waals surface area contributed by atoms with Crippen molar-refractivity contribution in [3.8, 4) is 0 Å². The Morgan fingerprint density at radius 1 is 1.29 bits per heavy atom. The van der Waals surface area contributed by atoms with Crippen LogP contribution in [0.2, 0.25) is 0 Å². The van der Waals surface area contributed by atoms with Crippen molar-refractivity contribution in [3.63, 3.8) is 0 Å². The SMILES string of the molecule is CC(N)CCC(=O)NCCCN(C)c1ccccc1.Cl.Cl. The maximum absolute atomic E-state index is 11.5. The highest BCUT2D eigenvalue weighted by atomic mass is 35.5. The Balaban J connectivity index is 0. The molecule has 0 aliphatic heterocycles. The zero-order valence-electron chi connectivity index (χ0n) is 12.7. The van der Waals surface area contributed by atoms with Crippen molar-refractivity contribution in [3.05, 3.63) is 30.3 Å². The summed E-state index contributed by atoms with van der Waals surface area (Å²) in [5.74, 6) is 0.0969. The third-order valence-electron chi connectivity index (χ3n) is 3.02. The minimum absolute atomic E-state index is 0. The molecule has 0 aliphatic carbocycles. The van der Waals surface area contributed by atoms with Crippen LogP contribution in [0.1, 0.15) is 26.2 Å². The molecular formula is C15H27Cl2N3O. The van der Waals surface area contributed by atoms with Crippen LogP contribution in [0.25, 0.3) is 0 Å². The number of carbonyl (C=O) groups excluding carboxylic acids is 1. The Bertz CT molecular complexity index is 374. The highest BCUT2D eigenvalue weighted by Gasteiger charge is 2.03. The maximum Gasteiger partial charge on any atom is 0.220 e. The molecular weight excluding hydrogens is 309 g/mol. The molecule has 0 saturated heterocycles. The Kier molecular flexibility index (Phi) is 13.5. The number of anilines is 1. The van der Waals surface area contributed by atoms with Crippen molar-refractivity contribution in [1.82, 2.24) is 5.32 Å². The second kappa shape index (κ2) is 12.7. The second-order valence-electron chi connectivity index (χ2n) is 4.98. The quantitative estimate of drug-likeness (QED) is 0.718. The number of nitrogens with two attached hydrogens (primary N) is 1. The molecule has 21 heavy (non-hydrogen) atoms. The number of hydrogen-bond acceptors (Lipinski definition) is 3. The minimum Gasteiger partial charge on any atom is -0.375 e. The van der Waals surface area contributed by atoms with Crippen molar-refractivity contribution in [2.75, 3.05) is 25.0 Å². The zero-order valence-corrected chi connectivity index (χ0v) is 14.4. The van der Waals surface area contributed by atoms with E-state index in [0.717, 1.165) is 25.9 Å². The molecule has 3 N–H and O–H groups in total. The summed E-state index contributed by atoms with van der Waals surface area (Å²) in [6, 6.07) is 10.3. The van der Waals surface area contributed by atoms with Crippen molar-refractivity contribution in [1.29, 1.82) is 0 Å². The lowest BCUT2D eigenvalue weighted by atomic mass is 10.2. The first-order valence-corrected chi connectivity index (χ1v) is 6.88. The Labute approximate surface area is 140 Å².